The molecule has 0 bridgehead atoms. The zero-order valence-corrected chi connectivity index (χ0v) is 10.8. The van der Waals surface area contributed by atoms with Gasteiger partial charge in [-0.2, -0.15) is 0 Å². The second-order valence-electron chi connectivity index (χ2n) is 3.71. The first-order chi connectivity index (χ1) is 8.11. The van der Waals surface area contributed by atoms with E-state index in [2.05, 4.69) is 4.98 Å². The Hall–Kier alpha value is -1.68. The van der Waals surface area contributed by atoms with Crippen molar-refractivity contribution in [3.05, 3.63) is 34.2 Å². The van der Waals surface area contributed by atoms with Gasteiger partial charge in [-0.25, -0.2) is 4.98 Å². The van der Waals surface area contributed by atoms with Crippen LogP contribution < -0.4 is 4.74 Å². The van der Waals surface area contributed by atoms with Gasteiger partial charge in [0.2, 0.25) is 0 Å². The van der Waals surface area contributed by atoms with Crippen LogP contribution in [-0.2, 0) is 0 Å². The molecule has 0 aliphatic heterocycles. The van der Waals surface area contributed by atoms with E-state index in [4.69, 9.17) is 4.74 Å². The topological polar surface area (TPSA) is 39.2 Å². The van der Waals surface area contributed by atoms with Gasteiger partial charge in [0.25, 0.3) is 0 Å². The van der Waals surface area contributed by atoms with Crippen molar-refractivity contribution >= 4 is 17.1 Å². The highest BCUT2D eigenvalue weighted by Gasteiger charge is 2.12. The Balaban J connectivity index is 2.48. The molecule has 0 atom stereocenters. The van der Waals surface area contributed by atoms with Gasteiger partial charge in [-0.3, -0.25) is 4.79 Å². The summed E-state index contributed by atoms with van der Waals surface area (Å²) in [4.78, 5) is 16.7. The number of hydrogen-bond donors (Lipinski definition) is 0. The molecule has 0 radical (unpaired) electrons. The van der Waals surface area contributed by atoms with E-state index in [1.165, 1.54) is 18.3 Å². The molecule has 1 aromatic carbocycles. The van der Waals surface area contributed by atoms with Crippen molar-refractivity contribution in [2.75, 3.05) is 7.11 Å². The summed E-state index contributed by atoms with van der Waals surface area (Å²) in [6.45, 7) is 3.51. The predicted molar refractivity (Wildman–Crippen MR) is 68.8 cm³/mol. The molecule has 1 aromatic heterocycles. The molecule has 2 aromatic rings. The van der Waals surface area contributed by atoms with Gasteiger partial charge in [0, 0.05) is 17.4 Å². The van der Waals surface area contributed by atoms with Crippen molar-refractivity contribution in [1.82, 2.24) is 4.98 Å². The number of thiazole rings is 1. The smallest absolute Gasteiger partial charge is 0.188 e. The van der Waals surface area contributed by atoms with Gasteiger partial charge in [-0.15, -0.1) is 11.3 Å². The van der Waals surface area contributed by atoms with Crippen molar-refractivity contribution < 1.29 is 9.53 Å². The molecule has 3 nitrogen and oxygen atoms in total. The Morgan fingerprint density at radius 3 is 2.76 bits per heavy atom. The van der Waals surface area contributed by atoms with Crippen molar-refractivity contribution in [3.8, 4) is 17.0 Å². The molecule has 4 heteroatoms. The first kappa shape index (κ1) is 11.8. The van der Waals surface area contributed by atoms with Crippen LogP contribution in [-0.4, -0.2) is 17.9 Å². The monoisotopic (exact) mass is 247 g/mol. The number of hydrogen-bond acceptors (Lipinski definition) is 4. The number of methoxy groups -OCH3 is 1. The molecule has 0 saturated heterocycles. The molecular formula is C13H13NO2S. The number of aromatic nitrogens is 1. The van der Waals surface area contributed by atoms with E-state index in [-0.39, 0.29) is 5.78 Å². The average Bonchev–Trinajstić information content (AvgIpc) is 2.72. The summed E-state index contributed by atoms with van der Waals surface area (Å²) in [6.07, 6.45) is 0. The van der Waals surface area contributed by atoms with Crippen LogP contribution in [0.1, 0.15) is 21.6 Å². The average molecular weight is 247 g/mol. The second-order valence-corrected chi connectivity index (χ2v) is 4.92. The third-order valence-corrected chi connectivity index (χ3v) is 3.51. The molecule has 0 unspecified atom stereocenters. The Labute approximate surface area is 104 Å². The van der Waals surface area contributed by atoms with E-state index in [1.807, 2.05) is 31.2 Å². The first-order valence-corrected chi connectivity index (χ1v) is 6.06. The summed E-state index contributed by atoms with van der Waals surface area (Å²) < 4.78 is 5.18. The van der Waals surface area contributed by atoms with Crippen molar-refractivity contribution in [2.45, 2.75) is 13.8 Å². The number of carbonyl (C=O) groups is 1. The fraction of sp³-hybridized carbons (Fsp3) is 0.231. The molecule has 0 fully saturated rings. The van der Waals surface area contributed by atoms with Crippen molar-refractivity contribution in [2.24, 2.45) is 0 Å². The molecule has 88 valence electrons. The molecule has 0 saturated carbocycles. The lowest BCUT2D eigenvalue weighted by molar-refractivity contribution is 0.101. The van der Waals surface area contributed by atoms with Gasteiger partial charge in [0.05, 0.1) is 12.8 Å². The number of aryl methyl sites for hydroxylation is 1. The van der Waals surface area contributed by atoms with Crippen LogP contribution in [0.25, 0.3) is 11.3 Å². The molecule has 0 spiro atoms. The fourth-order valence-electron chi connectivity index (χ4n) is 1.59. The van der Waals surface area contributed by atoms with Crippen LogP contribution >= 0.6 is 11.3 Å². The number of Topliss-reactive ketones (excluding diaryl/α,β-unsaturated/α-hetero) is 1. The van der Waals surface area contributed by atoms with E-state index in [9.17, 15) is 4.79 Å². The minimum atomic E-state index is 0.00671. The summed E-state index contributed by atoms with van der Waals surface area (Å²) >= 11 is 1.43. The van der Waals surface area contributed by atoms with Gasteiger partial charge in [0.1, 0.15) is 5.75 Å². The number of nitrogens with zero attached hydrogens (tertiary/aromatic N) is 1. The van der Waals surface area contributed by atoms with Crippen LogP contribution in [0.4, 0.5) is 0 Å². The van der Waals surface area contributed by atoms with Crippen LogP contribution in [0, 0.1) is 6.92 Å². The lowest BCUT2D eigenvalue weighted by Crippen LogP contribution is -1.90. The number of benzene rings is 1. The second kappa shape index (κ2) is 4.67. The minimum absolute atomic E-state index is 0.00671. The van der Waals surface area contributed by atoms with Crippen LogP contribution in [0.5, 0.6) is 5.75 Å². The normalized spacial score (nSPS) is 10.3. The standard InChI is InChI=1S/C13H13NO2S/c1-8(15)13-14-12(9(2)17-13)10-5-4-6-11(7-10)16-3/h4-7H,1-3H3. The lowest BCUT2D eigenvalue weighted by Gasteiger charge is -2.02. The highest BCUT2D eigenvalue weighted by Crippen LogP contribution is 2.29. The maximum atomic E-state index is 11.3. The molecule has 0 N–H and O–H groups in total. The van der Waals surface area contributed by atoms with Crippen LogP contribution in [0.15, 0.2) is 24.3 Å². The predicted octanol–water partition coefficient (Wildman–Crippen LogP) is 3.33. The highest BCUT2D eigenvalue weighted by atomic mass is 32.1. The van der Waals surface area contributed by atoms with Gasteiger partial charge < -0.3 is 4.74 Å². The van der Waals surface area contributed by atoms with Gasteiger partial charge >= 0.3 is 0 Å². The maximum absolute atomic E-state index is 11.3. The number of ketones is 1. The molecule has 2 rings (SSSR count). The third-order valence-electron chi connectivity index (χ3n) is 2.44. The summed E-state index contributed by atoms with van der Waals surface area (Å²) in [5.74, 6) is 0.798. The largest absolute Gasteiger partial charge is 0.497 e. The molecule has 0 aliphatic carbocycles. The van der Waals surface area contributed by atoms with Gasteiger partial charge in [-0.1, -0.05) is 12.1 Å². The summed E-state index contributed by atoms with van der Waals surface area (Å²) in [5, 5.41) is 0.556. The van der Waals surface area contributed by atoms with E-state index in [0.29, 0.717) is 5.01 Å². The summed E-state index contributed by atoms with van der Waals surface area (Å²) in [5.41, 5.74) is 1.84. The Morgan fingerprint density at radius 1 is 1.41 bits per heavy atom. The van der Waals surface area contributed by atoms with E-state index in [1.54, 1.807) is 7.11 Å². The van der Waals surface area contributed by atoms with Gasteiger partial charge in [0.15, 0.2) is 10.8 Å². The molecule has 17 heavy (non-hydrogen) atoms. The van der Waals surface area contributed by atoms with Crippen molar-refractivity contribution in [3.63, 3.8) is 0 Å². The summed E-state index contributed by atoms with van der Waals surface area (Å²) in [7, 11) is 1.63. The Kier molecular flexibility index (Phi) is 3.24. The van der Waals surface area contributed by atoms with Gasteiger partial charge in [-0.05, 0) is 19.1 Å². The Bertz CT molecular complexity index is 560. The molecular weight excluding hydrogens is 234 g/mol. The fourth-order valence-corrected chi connectivity index (χ4v) is 2.42. The molecule has 1 heterocycles. The molecule has 0 aliphatic rings. The molecule has 0 amide bonds. The van der Waals surface area contributed by atoms with Crippen LogP contribution in [0.2, 0.25) is 0 Å². The van der Waals surface area contributed by atoms with E-state index >= 15 is 0 Å². The number of ether oxygens (including phenoxy) is 1. The van der Waals surface area contributed by atoms with E-state index < -0.39 is 0 Å². The van der Waals surface area contributed by atoms with Crippen LogP contribution in [0.3, 0.4) is 0 Å². The zero-order chi connectivity index (χ0) is 12.4. The summed E-state index contributed by atoms with van der Waals surface area (Å²) in [6, 6.07) is 7.69. The lowest BCUT2D eigenvalue weighted by atomic mass is 10.1. The first-order valence-electron chi connectivity index (χ1n) is 5.24. The number of carbonyl (C=O) groups excluding carboxylic acids is 1. The minimum Gasteiger partial charge on any atom is -0.497 e. The highest BCUT2D eigenvalue weighted by molar-refractivity contribution is 7.14. The SMILES string of the molecule is COc1cccc(-c2nc(C(C)=O)sc2C)c1. The third kappa shape index (κ3) is 2.36. The van der Waals surface area contributed by atoms with Crippen molar-refractivity contribution in [1.29, 1.82) is 0 Å². The zero-order valence-electron chi connectivity index (χ0n) is 9.98. The Morgan fingerprint density at radius 2 is 2.18 bits per heavy atom. The van der Waals surface area contributed by atoms with E-state index in [0.717, 1.165) is 21.9 Å². The number of rotatable bonds is 3. The maximum Gasteiger partial charge on any atom is 0.188 e. The quantitative estimate of drug-likeness (QED) is 0.781.